The van der Waals surface area contributed by atoms with E-state index in [1.165, 1.54) is 7.11 Å². The first kappa shape index (κ1) is 10.4. The van der Waals surface area contributed by atoms with Crippen LogP contribution in [0.25, 0.3) is 0 Å². The van der Waals surface area contributed by atoms with E-state index in [1.54, 1.807) is 0 Å². The van der Waals surface area contributed by atoms with Crippen LogP contribution < -0.4 is 0 Å². The van der Waals surface area contributed by atoms with E-state index in [9.17, 15) is 4.79 Å². The van der Waals surface area contributed by atoms with Crippen LogP contribution in [-0.2, 0) is 9.53 Å². The second kappa shape index (κ2) is 4.28. The lowest BCUT2D eigenvalue weighted by molar-refractivity contribution is -0.132. The van der Waals surface area contributed by atoms with Gasteiger partial charge in [0.1, 0.15) is 5.71 Å². The lowest BCUT2D eigenvalue weighted by Gasteiger charge is -2.13. The summed E-state index contributed by atoms with van der Waals surface area (Å²) in [6.07, 6.45) is 0. The maximum absolute atomic E-state index is 10.8. The second-order valence-electron chi connectivity index (χ2n) is 2.63. The first-order valence-corrected chi connectivity index (χ1v) is 3.96. The van der Waals surface area contributed by atoms with E-state index in [4.69, 9.17) is 5.41 Å². The van der Waals surface area contributed by atoms with Crippen LogP contribution >= 0.6 is 0 Å². The Kier molecular flexibility index (Phi) is 4.03. The number of methoxy groups -OCH3 is 1. The summed E-state index contributed by atoms with van der Waals surface area (Å²) in [6.45, 7) is 3.85. The van der Waals surface area contributed by atoms with Crippen molar-refractivity contribution >= 4 is 21.9 Å². The van der Waals surface area contributed by atoms with E-state index < -0.39 is 5.97 Å². The number of ether oxygens (including phenoxy) is 1. The van der Waals surface area contributed by atoms with Crippen molar-refractivity contribution in [3.8, 4) is 0 Å². The minimum Gasteiger partial charge on any atom is -0.465 e. The van der Waals surface area contributed by atoms with Gasteiger partial charge in [-0.05, 0) is 11.5 Å². The number of esters is 1. The molecule has 3 nitrogen and oxygen atoms in total. The molecule has 0 rings (SSSR count). The zero-order valence-corrected chi connectivity index (χ0v) is 7.97. The smallest absolute Gasteiger partial charge is 0.351 e. The molecule has 0 aliphatic rings. The summed E-state index contributed by atoms with van der Waals surface area (Å²) in [5, 5.41) is 7.31. The molecule has 3 radical (unpaired) electrons. The molecule has 0 amide bonds. The highest BCUT2D eigenvalue weighted by Gasteiger charge is 2.19. The monoisotopic (exact) mass is 170 g/mol. The van der Waals surface area contributed by atoms with E-state index in [1.807, 2.05) is 13.8 Å². The number of carbonyl (C=O) groups is 1. The Morgan fingerprint density at radius 3 is 2.27 bits per heavy atom. The highest BCUT2D eigenvalue weighted by Crippen LogP contribution is 2.14. The molecular formula is C7H12NO2Si. The van der Waals surface area contributed by atoms with Gasteiger partial charge in [0.05, 0.1) is 7.11 Å². The molecule has 0 aromatic heterocycles. The summed E-state index contributed by atoms with van der Waals surface area (Å²) in [7, 11) is 4.55. The Morgan fingerprint density at radius 2 is 2.00 bits per heavy atom. The van der Waals surface area contributed by atoms with Crippen LogP contribution in [0.2, 0.25) is 5.54 Å². The number of hydrogen-bond acceptors (Lipinski definition) is 3. The Balaban J connectivity index is 4.14. The SMILES string of the molecule is COC(=O)C(=N)[C@H]([Si])C(C)C. The van der Waals surface area contributed by atoms with Crippen LogP contribution in [0.4, 0.5) is 0 Å². The van der Waals surface area contributed by atoms with Gasteiger partial charge in [-0.15, -0.1) is 0 Å². The Morgan fingerprint density at radius 1 is 1.55 bits per heavy atom. The van der Waals surface area contributed by atoms with Crippen molar-refractivity contribution in [2.24, 2.45) is 5.92 Å². The molecule has 0 aromatic rings. The standard InChI is InChI=1S/C7H12NO2Si/c1-4(2)6(11)5(8)7(9)10-3/h4,6,8H,1-3H3/t6-/m1/s1. The number of hydrogen-bond donors (Lipinski definition) is 1. The average molecular weight is 170 g/mol. The van der Waals surface area contributed by atoms with Gasteiger partial charge in [-0.2, -0.15) is 0 Å². The third-order valence-corrected chi connectivity index (χ3v) is 2.34. The summed E-state index contributed by atoms with van der Waals surface area (Å²) >= 11 is 0. The summed E-state index contributed by atoms with van der Waals surface area (Å²) in [5.74, 6) is -0.350. The van der Waals surface area contributed by atoms with Gasteiger partial charge in [-0.25, -0.2) is 4.79 Å². The van der Waals surface area contributed by atoms with E-state index in [0.717, 1.165) is 0 Å². The molecule has 0 fully saturated rings. The van der Waals surface area contributed by atoms with Crippen LogP contribution in [0.15, 0.2) is 0 Å². The highest BCUT2D eigenvalue weighted by atomic mass is 28.1. The minimum absolute atomic E-state index is 0.0285. The van der Waals surface area contributed by atoms with Crippen molar-refractivity contribution in [1.82, 2.24) is 0 Å². The fraction of sp³-hybridized carbons (Fsp3) is 0.714. The average Bonchev–Trinajstić information content (AvgIpc) is 2.00. The third kappa shape index (κ3) is 2.84. The van der Waals surface area contributed by atoms with E-state index in [0.29, 0.717) is 0 Å². The van der Waals surface area contributed by atoms with Crippen LogP contribution in [0.1, 0.15) is 13.8 Å². The molecule has 0 heterocycles. The van der Waals surface area contributed by atoms with Gasteiger partial charge >= 0.3 is 5.97 Å². The van der Waals surface area contributed by atoms with Gasteiger partial charge in [0.15, 0.2) is 0 Å². The normalized spacial score (nSPS) is 12.8. The van der Waals surface area contributed by atoms with Crippen molar-refractivity contribution in [2.75, 3.05) is 7.11 Å². The first-order valence-electron chi connectivity index (χ1n) is 3.38. The van der Waals surface area contributed by atoms with Gasteiger partial charge in [0, 0.05) is 10.2 Å². The van der Waals surface area contributed by atoms with Gasteiger partial charge in [0.25, 0.3) is 0 Å². The van der Waals surface area contributed by atoms with E-state index in [-0.39, 0.29) is 17.2 Å². The third-order valence-electron chi connectivity index (χ3n) is 1.38. The Labute approximate surface area is 70.1 Å². The van der Waals surface area contributed by atoms with E-state index >= 15 is 0 Å². The van der Waals surface area contributed by atoms with Gasteiger partial charge < -0.3 is 4.74 Å². The fourth-order valence-corrected chi connectivity index (χ4v) is 0.688. The van der Waals surface area contributed by atoms with E-state index in [2.05, 4.69) is 15.0 Å². The summed E-state index contributed by atoms with van der Waals surface area (Å²) in [5.41, 5.74) is -0.249. The molecule has 61 valence electrons. The van der Waals surface area contributed by atoms with Gasteiger partial charge in [-0.3, -0.25) is 5.41 Å². The molecule has 1 N–H and O–H groups in total. The molecule has 4 heteroatoms. The molecule has 0 aromatic carbocycles. The van der Waals surface area contributed by atoms with Crippen LogP contribution in [0.3, 0.4) is 0 Å². The lowest BCUT2D eigenvalue weighted by Crippen LogP contribution is -2.23. The quantitative estimate of drug-likeness (QED) is 0.387. The predicted molar refractivity (Wildman–Crippen MR) is 44.1 cm³/mol. The molecule has 0 aliphatic heterocycles. The zero-order chi connectivity index (χ0) is 9.02. The molecule has 1 atom stereocenters. The van der Waals surface area contributed by atoms with Crippen LogP contribution in [-0.4, -0.2) is 29.0 Å². The second-order valence-corrected chi connectivity index (χ2v) is 3.25. The Bertz CT molecular complexity index is 168. The lowest BCUT2D eigenvalue weighted by atomic mass is 10.1. The van der Waals surface area contributed by atoms with Gasteiger partial charge in [-0.1, -0.05) is 13.8 Å². The maximum Gasteiger partial charge on any atom is 0.351 e. The number of rotatable bonds is 3. The van der Waals surface area contributed by atoms with Gasteiger partial charge in [0.2, 0.25) is 0 Å². The van der Waals surface area contributed by atoms with Crippen molar-refractivity contribution < 1.29 is 9.53 Å². The molecule has 0 spiro atoms. The zero-order valence-electron chi connectivity index (χ0n) is 6.97. The maximum atomic E-state index is 10.8. The minimum atomic E-state index is -0.571. The molecule has 0 bridgehead atoms. The molecule has 0 saturated heterocycles. The Hall–Kier alpha value is -0.643. The van der Waals surface area contributed by atoms with Crippen molar-refractivity contribution in [3.05, 3.63) is 0 Å². The number of nitrogens with one attached hydrogen (secondary N) is 1. The van der Waals surface area contributed by atoms with Crippen molar-refractivity contribution in [2.45, 2.75) is 19.4 Å². The largest absolute Gasteiger partial charge is 0.465 e. The molecule has 0 unspecified atom stereocenters. The first-order chi connectivity index (χ1) is 5.00. The topological polar surface area (TPSA) is 50.2 Å². The molecule has 0 aliphatic carbocycles. The highest BCUT2D eigenvalue weighted by molar-refractivity contribution is 6.46. The van der Waals surface area contributed by atoms with Crippen LogP contribution in [0.5, 0.6) is 0 Å². The van der Waals surface area contributed by atoms with Crippen LogP contribution in [0, 0.1) is 11.3 Å². The summed E-state index contributed by atoms with van der Waals surface area (Å²) in [4.78, 5) is 10.8. The molecule has 11 heavy (non-hydrogen) atoms. The molecular weight excluding hydrogens is 158 g/mol. The fourth-order valence-electron chi connectivity index (χ4n) is 0.570. The number of carbonyl (C=O) groups excluding carboxylic acids is 1. The predicted octanol–water partition coefficient (Wildman–Crippen LogP) is 0.792. The van der Waals surface area contributed by atoms with Crippen molar-refractivity contribution in [1.29, 1.82) is 5.41 Å². The summed E-state index contributed by atoms with van der Waals surface area (Å²) in [6, 6.07) is 0. The van der Waals surface area contributed by atoms with Crippen molar-refractivity contribution in [3.63, 3.8) is 0 Å². The molecule has 0 saturated carbocycles. The summed E-state index contributed by atoms with van der Waals surface area (Å²) < 4.78 is 4.39.